The maximum Gasteiger partial charge on any atom is 0.0799 e. The van der Waals surface area contributed by atoms with E-state index in [1.54, 1.807) is 11.3 Å². The molecule has 1 aliphatic heterocycles. The Morgan fingerprint density at radius 2 is 2.57 bits per heavy atom. The summed E-state index contributed by atoms with van der Waals surface area (Å²) in [6.45, 7) is 0.902. The molecule has 2 heterocycles. The molecule has 1 aromatic heterocycles. The van der Waals surface area contributed by atoms with Gasteiger partial charge in [0.15, 0.2) is 0 Å². The van der Waals surface area contributed by atoms with Crippen molar-refractivity contribution in [3.63, 3.8) is 0 Å². The number of hydrogen-bond acceptors (Lipinski definition) is 3. The Kier molecular flexibility index (Phi) is 3.56. The minimum absolute atomic E-state index is 0.301. The standard InChI is InChI=1S/C11H16O2S/c12-11(9-5-7-14-8-9)4-3-10-2-1-6-13-10/h5,7-8,10-12H,1-4,6H2. The molecule has 1 fully saturated rings. The molecular weight excluding hydrogens is 196 g/mol. The largest absolute Gasteiger partial charge is 0.388 e. The van der Waals surface area contributed by atoms with Crippen LogP contribution in [0, 0.1) is 0 Å². The lowest BCUT2D eigenvalue weighted by atomic mass is 10.0. The first-order chi connectivity index (χ1) is 6.86. The predicted molar refractivity (Wildman–Crippen MR) is 57.5 cm³/mol. The summed E-state index contributed by atoms with van der Waals surface area (Å²) in [7, 11) is 0. The van der Waals surface area contributed by atoms with Crippen LogP contribution in [-0.2, 0) is 4.74 Å². The van der Waals surface area contributed by atoms with Crippen molar-refractivity contribution >= 4 is 11.3 Å². The molecule has 2 nitrogen and oxygen atoms in total. The van der Waals surface area contributed by atoms with Gasteiger partial charge in [0.2, 0.25) is 0 Å². The van der Waals surface area contributed by atoms with Gasteiger partial charge >= 0.3 is 0 Å². The highest BCUT2D eigenvalue weighted by Gasteiger charge is 2.17. The molecule has 0 aliphatic carbocycles. The molecule has 2 unspecified atom stereocenters. The van der Waals surface area contributed by atoms with Crippen molar-refractivity contribution in [1.82, 2.24) is 0 Å². The molecule has 3 heteroatoms. The third kappa shape index (κ3) is 2.56. The van der Waals surface area contributed by atoms with Gasteiger partial charge in [-0.05, 0) is 48.1 Å². The van der Waals surface area contributed by atoms with Gasteiger partial charge in [0.25, 0.3) is 0 Å². The zero-order chi connectivity index (χ0) is 9.80. The molecule has 78 valence electrons. The van der Waals surface area contributed by atoms with Gasteiger partial charge in [0, 0.05) is 6.61 Å². The molecule has 1 N–H and O–H groups in total. The van der Waals surface area contributed by atoms with E-state index in [-0.39, 0.29) is 6.10 Å². The van der Waals surface area contributed by atoms with Crippen LogP contribution in [0.4, 0.5) is 0 Å². The molecule has 14 heavy (non-hydrogen) atoms. The molecule has 0 saturated carbocycles. The zero-order valence-corrected chi connectivity index (χ0v) is 9.00. The first-order valence-electron chi connectivity index (χ1n) is 5.18. The van der Waals surface area contributed by atoms with Crippen molar-refractivity contribution in [3.8, 4) is 0 Å². The lowest BCUT2D eigenvalue weighted by molar-refractivity contribution is 0.0813. The number of rotatable bonds is 4. The van der Waals surface area contributed by atoms with Gasteiger partial charge in [-0.2, -0.15) is 11.3 Å². The van der Waals surface area contributed by atoms with Gasteiger partial charge in [-0.15, -0.1) is 0 Å². The molecule has 2 atom stereocenters. The van der Waals surface area contributed by atoms with E-state index >= 15 is 0 Å². The lowest BCUT2D eigenvalue weighted by Gasteiger charge is -2.12. The van der Waals surface area contributed by atoms with Crippen molar-refractivity contribution in [2.45, 2.75) is 37.9 Å². The number of ether oxygens (including phenoxy) is 1. The van der Waals surface area contributed by atoms with E-state index in [9.17, 15) is 5.11 Å². The van der Waals surface area contributed by atoms with E-state index in [0.717, 1.165) is 31.4 Å². The van der Waals surface area contributed by atoms with Gasteiger partial charge in [0.05, 0.1) is 12.2 Å². The average molecular weight is 212 g/mol. The summed E-state index contributed by atoms with van der Waals surface area (Å²) in [6.07, 6.45) is 4.24. The Balaban J connectivity index is 1.74. The van der Waals surface area contributed by atoms with Gasteiger partial charge in [-0.25, -0.2) is 0 Å². The molecule has 0 aromatic carbocycles. The van der Waals surface area contributed by atoms with Crippen LogP contribution < -0.4 is 0 Å². The first-order valence-corrected chi connectivity index (χ1v) is 6.12. The van der Waals surface area contributed by atoms with Gasteiger partial charge in [-0.3, -0.25) is 0 Å². The minimum atomic E-state index is -0.301. The number of aliphatic hydroxyl groups is 1. The van der Waals surface area contributed by atoms with Crippen LogP contribution in [-0.4, -0.2) is 17.8 Å². The summed E-state index contributed by atoms with van der Waals surface area (Å²) in [5, 5.41) is 13.8. The van der Waals surface area contributed by atoms with Crippen molar-refractivity contribution in [2.24, 2.45) is 0 Å². The van der Waals surface area contributed by atoms with Crippen molar-refractivity contribution < 1.29 is 9.84 Å². The Morgan fingerprint density at radius 1 is 1.64 bits per heavy atom. The fraction of sp³-hybridized carbons (Fsp3) is 0.636. The summed E-state index contributed by atoms with van der Waals surface area (Å²) in [5.74, 6) is 0. The van der Waals surface area contributed by atoms with Crippen LogP contribution in [0.3, 0.4) is 0 Å². The van der Waals surface area contributed by atoms with E-state index in [0.29, 0.717) is 6.10 Å². The molecule has 1 saturated heterocycles. The molecule has 2 rings (SSSR count). The van der Waals surface area contributed by atoms with Crippen LogP contribution in [0.25, 0.3) is 0 Å². The highest BCUT2D eigenvalue weighted by atomic mass is 32.1. The average Bonchev–Trinajstić information content (AvgIpc) is 2.87. The number of aliphatic hydroxyl groups excluding tert-OH is 1. The summed E-state index contributed by atoms with van der Waals surface area (Å²) in [6, 6.07) is 1.99. The SMILES string of the molecule is OC(CCC1CCCO1)c1ccsc1. The van der Waals surface area contributed by atoms with Gasteiger partial charge in [-0.1, -0.05) is 0 Å². The number of thiophene rings is 1. The monoisotopic (exact) mass is 212 g/mol. The summed E-state index contributed by atoms with van der Waals surface area (Å²) in [4.78, 5) is 0. The summed E-state index contributed by atoms with van der Waals surface area (Å²) >= 11 is 1.63. The lowest BCUT2D eigenvalue weighted by Crippen LogP contribution is -2.07. The predicted octanol–water partition coefficient (Wildman–Crippen LogP) is 2.74. The quantitative estimate of drug-likeness (QED) is 0.831. The fourth-order valence-electron chi connectivity index (χ4n) is 1.85. The van der Waals surface area contributed by atoms with Crippen LogP contribution >= 0.6 is 11.3 Å². The van der Waals surface area contributed by atoms with Crippen molar-refractivity contribution in [3.05, 3.63) is 22.4 Å². The smallest absolute Gasteiger partial charge is 0.0799 e. The molecule has 0 amide bonds. The first kappa shape index (κ1) is 10.1. The number of hydrogen-bond donors (Lipinski definition) is 1. The third-order valence-corrected chi connectivity index (χ3v) is 3.42. The van der Waals surface area contributed by atoms with E-state index in [4.69, 9.17) is 4.74 Å². The Labute approximate surface area is 88.5 Å². The Hall–Kier alpha value is -0.380. The fourth-order valence-corrected chi connectivity index (χ4v) is 2.55. The van der Waals surface area contributed by atoms with Crippen LogP contribution in [0.2, 0.25) is 0 Å². The van der Waals surface area contributed by atoms with Crippen molar-refractivity contribution in [1.29, 1.82) is 0 Å². The Bertz CT molecular complexity index is 252. The normalized spacial score (nSPS) is 23.9. The zero-order valence-electron chi connectivity index (χ0n) is 8.19. The van der Waals surface area contributed by atoms with E-state index in [1.807, 2.05) is 16.8 Å². The van der Waals surface area contributed by atoms with Gasteiger partial charge < -0.3 is 9.84 Å². The van der Waals surface area contributed by atoms with Crippen LogP contribution in [0.5, 0.6) is 0 Å². The second-order valence-corrected chi connectivity index (χ2v) is 4.56. The van der Waals surface area contributed by atoms with Crippen LogP contribution in [0.1, 0.15) is 37.4 Å². The molecule has 1 aliphatic rings. The molecular formula is C11H16O2S. The molecule has 0 radical (unpaired) electrons. The Morgan fingerprint density at radius 3 is 3.21 bits per heavy atom. The topological polar surface area (TPSA) is 29.5 Å². The second kappa shape index (κ2) is 4.91. The maximum atomic E-state index is 9.82. The van der Waals surface area contributed by atoms with Crippen molar-refractivity contribution in [2.75, 3.05) is 6.61 Å². The highest BCUT2D eigenvalue weighted by molar-refractivity contribution is 7.07. The third-order valence-electron chi connectivity index (χ3n) is 2.71. The highest BCUT2D eigenvalue weighted by Crippen LogP contribution is 2.24. The summed E-state index contributed by atoms with van der Waals surface area (Å²) in [5.41, 5.74) is 1.05. The molecule has 0 bridgehead atoms. The van der Waals surface area contributed by atoms with Crippen LogP contribution in [0.15, 0.2) is 16.8 Å². The summed E-state index contributed by atoms with van der Waals surface area (Å²) < 4.78 is 5.51. The minimum Gasteiger partial charge on any atom is -0.388 e. The van der Waals surface area contributed by atoms with E-state index in [1.165, 1.54) is 6.42 Å². The van der Waals surface area contributed by atoms with Gasteiger partial charge in [0.1, 0.15) is 0 Å². The second-order valence-electron chi connectivity index (χ2n) is 3.78. The van der Waals surface area contributed by atoms with E-state index in [2.05, 4.69) is 0 Å². The molecule has 1 aromatic rings. The maximum absolute atomic E-state index is 9.82. The van der Waals surface area contributed by atoms with E-state index < -0.39 is 0 Å². The molecule has 0 spiro atoms.